The fourth-order valence-electron chi connectivity index (χ4n) is 7.79. The summed E-state index contributed by atoms with van der Waals surface area (Å²) in [6.07, 6.45) is 4.75. The number of fused-ring (bicyclic) bond motifs is 6. The summed E-state index contributed by atoms with van der Waals surface area (Å²) in [6.45, 7) is 28.2. The van der Waals surface area contributed by atoms with Gasteiger partial charge in [0, 0.05) is 53.5 Å². The Morgan fingerprint density at radius 1 is 0.815 bits per heavy atom. The number of pyridine rings is 1. The van der Waals surface area contributed by atoms with E-state index in [2.05, 4.69) is 127 Å². The summed E-state index contributed by atoms with van der Waals surface area (Å²) in [6, 6.07) is 30.5. The van der Waals surface area contributed by atoms with Crippen LogP contribution in [0.5, 0.6) is 0 Å². The number of allylic oxidation sites excluding steroid dienone is 2. The van der Waals surface area contributed by atoms with Gasteiger partial charge in [-0.3, -0.25) is 9.78 Å². The number of aromatic nitrogens is 1. The van der Waals surface area contributed by atoms with E-state index < -0.39 is 0 Å². The zero-order valence-corrected chi connectivity index (χ0v) is 37.4. The molecule has 54 heavy (non-hydrogen) atoms. The van der Waals surface area contributed by atoms with Crippen LogP contribution in [0.1, 0.15) is 144 Å². The standard InChI is InChI=1S/C35H34N.C15H28O2.Ir/c1-21(2)22-16-17-30-27(19-22)32-31(26-14-10-11-15-28(26)35(32,6)7)33(36-30)24-18-23-12-8-9-13-25(23)29(20-24)34(3,4)5;1-7-14(5,8-2)12(16)11-13(17)15(6,9-3)10-4;/h8-17,19-21H,1-7H3;11,16H,7-10H2,1-6H3;/q-1;;/b;12-11-;. The number of nitrogens with zero attached hydrogens (tertiary/aromatic N) is 1. The van der Waals surface area contributed by atoms with Crippen molar-refractivity contribution in [2.75, 3.05) is 0 Å². The van der Waals surface area contributed by atoms with E-state index in [1.807, 2.05) is 41.5 Å². The van der Waals surface area contributed by atoms with Crippen molar-refractivity contribution in [2.45, 2.75) is 132 Å². The Morgan fingerprint density at radius 2 is 1.41 bits per heavy atom. The van der Waals surface area contributed by atoms with E-state index in [1.165, 1.54) is 50.2 Å². The van der Waals surface area contributed by atoms with Crippen molar-refractivity contribution in [1.82, 2.24) is 4.98 Å². The molecule has 0 saturated heterocycles. The second-order valence-corrected chi connectivity index (χ2v) is 17.6. The van der Waals surface area contributed by atoms with E-state index in [4.69, 9.17) is 4.98 Å². The maximum absolute atomic E-state index is 12.2. The van der Waals surface area contributed by atoms with Crippen molar-refractivity contribution < 1.29 is 30.0 Å². The minimum Gasteiger partial charge on any atom is -0.512 e. The molecule has 4 heteroatoms. The van der Waals surface area contributed by atoms with Crippen molar-refractivity contribution in [3.63, 3.8) is 0 Å². The van der Waals surface area contributed by atoms with Gasteiger partial charge in [0.25, 0.3) is 0 Å². The number of aliphatic hydroxyl groups is 1. The molecule has 1 aromatic heterocycles. The maximum atomic E-state index is 12.2. The van der Waals surface area contributed by atoms with Crippen LogP contribution in [0.15, 0.2) is 84.6 Å². The number of aliphatic hydroxyl groups excluding tert-OH is 1. The van der Waals surface area contributed by atoms with E-state index in [9.17, 15) is 9.90 Å². The average Bonchev–Trinajstić information content (AvgIpc) is 3.39. The molecule has 1 N–H and O–H groups in total. The smallest absolute Gasteiger partial charge is 0.164 e. The molecule has 1 aliphatic carbocycles. The number of ketones is 1. The van der Waals surface area contributed by atoms with Crippen LogP contribution < -0.4 is 0 Å². The zero-order chi connectivity index (χ0) is 39.1. The van der Waals surface area contributed by atoms with Crippen LogP contribution in [0.3, 0.4) is 0 Å². The minimum atomic E-state index is -0.337. The summed E-state index contributed by atoms with van der Waals surface area (Å²) in [5.41, 5.74) is 10.5. The van der Waals surface area contributed by atoms with Crippen LogP contribution >= 0.6 is 0 Å². The van der Waals surface area contributed by atoms with Gasteiger partial charge in [-0.05, 0) is 77.0 Å². The summed E-state index contributed by atoms with van der Waals surface area (Å²) in [5.74, 6) is 0.758. The first-order valence-corrected chi connectivity index (χ1v) is 19.9. The Balaban J connectivity index is 0.000000309. The number of benzene rings is 4. The molecule has 0 unspecified atom stereocenters. The van der Waals surface area contributed by atoms with Gasteiger partial charge in [-0.25, -0.2) is 0 Å². The first kappa shape index (κ1) is 43.1. The summed E-state index contributed by atoms with van der Waals surface area (Å²) >= 11 is 0. The molecular weight excluding hydrogens is 839 g/mol. The molecule has 0 spiro atoms. The van der Waals surface area contributed by atoms with Crippen LogP contribution in [-0.2, 0) is 35.7 Å². The van der Waals surface area contributed by atoms with E-state index in [-0.39, 0.29) is 53.3 Å². The summed E-state index contributed by atoms with van der Waals surface area (Å²) in [5, 5.41) is 13.8. The Kier molecular flexibility index (Phi) is 13.0. The molecule has 0 amide bonds. The zero-order valence-electron chi connectivity index (χ0n) is 35.0. The topological polar surface area (TPSA) is 50.2 Å². The molecule has 0 fully saturated rings. The largest absolute Gasteiger partial charge is 0.512 e. The molecule has 0 aliphatic heterocycles. The quantitative estimate of drug-likeness (QED) is 0.0911. The third-order valence-corrected chi connectivity index (χ3v) is 12.6. The minimum absolute atomic E-state index is 0. The van der Waals surface area contributed by atoms with Crippen LogP contribution in [0, 0.1) is 16.9 Å². The third kappa shape index (κ3) is 7.89. The molecule has 0 atom stereocenters. The van der Waals surface area contributed by atoms with Gasteiger partial charge >= 0.3 is 0 Å². The molecule has 0 saturated carbocycles. The fraction of sp³-hybridized carbons (Fsp3) is 0.440. The first-order chi connectivity index (χ1) is 24.9. The molecule has 4 aromatic carbocycles. The van der Waals surface area contributed by atoms with Crippen LogP contribution in [0.25, 0.3) is 44.1 Å². The molecule has 1 radical (unpaired) electrons. The predicted octanol–water partition coefficient (Wildman–Crippen LogP) is 14.2. The normalized spacial score (nSPS) is 14.0. The number of hydrogen-bond acceptors (Lipinski definition) is 3. The van der Waals surface area contributed by atoms with Crippen molar-refractivity contribution in [2.24, 2.45) is 10.8 Å². The third-order valence-electron chi connectivity index (χ3n) is 12.6. The SMILES string of the molecule is CC(C)c1ccc2nc(-c3[c-]c4ccccc4c(C(C)(C)C)c3)c3c(c2c1)C(C)(C)c1ccccc1-3.CCC(C)(CC)C(=O)/C=C(\O)C(C)(CC)CC.[Ir]. The molecule has 289 valence electrons. The van der Waals surface area contributed by atoms with Crippen molar-refractivity contribution >= 4 is 27.5 Å². The molecule has 3 nitrogen and oxygen atoms in total. The van der Waals surface area contributed by atoms with Crippen molar-refractivity contribution in [1.29, 1.82) is 0 Å². The van der Waals surface area contributed by atoms with Gasteiger partial charge in [-0.2, -0.15) is 0 Å². The van der Waals surface area contributed by atoms with E-state index >= 15 is 0 Å². The molecule has 0 bridgehead atoms. The van der Waals surface area contributed by atoms with Gasteiger partial charge in [0.1, 0.15) is 5.76 Å². The van der Waals surface area contributed by atoms with Gasteiger partial charge in [-0.1, -0.05) is 149 Å². The van der Waals surface area contributed by atoms with Gasteiger partial charge in [-0.15, -0.1) is 29.1 Å². The van der Waals surface area contributed by atoms with Crippen molar-refractivity contribution in [3.05, 3.63) is 113 Å². The van der Waals surface area contributed by atoms with Crippen LogP contribution in [0.2, 0.25) is 0 Å². The Morgan fingerprint density at radius 3 is 2.00 bits per heavy atom. The Hall–Kier alpha value is -3.59. The predicted molar refractivity (Wildman–Crippen MR) is 227 cm³/mol. The molecule has 6 rings (SSSR count). The average molecular weight is 901 g/mol. The summed E-state index contributed by atoms with van der Waals surface area (Å²) in [7, 11) is 0. The number of hydrogen-bond donors (Lipinski definition) is 1. The van der Waals surface area contributed by atoms with Gasteiger partial charge in [0.2, 0.25) is 0 Å². The van der Waals surface area contributed by atoms with Crippen LogP contribution in [-0.4, -0.2) is 15.9 Å². The van der Waals surface area contributed by atoms with E-state index in [0.29, 0.717) is 5.92 Å². The van der Waals surface area contributed by atoms with Crippen molar-refractivity contribution in [3.8, 4) is 22.4 Å². The second-order valence-electron chi connectivity index (χ2n) is 17.6. The molecule has 1 heterocycles. The Bertz CT molecular complexity index is 2170. The van der Waals surface area contributed by atoms with Crippen LogP contribution in [0.4, 0.5) is 0 Å². The summed E-state index contributed by atoms with van der Waals surface area (Å²) in [4.78, 5) is 17.6. The monoisotopic (exact) mass is 901 g/mol. The maximum Gasteiger partial charge on any atom is 0.164 e. The number of carbonyl (C=O) groups is 1. The van der Waals surface area contributed by atoms with E-state index in [1.54, 1.807) is 0 Å². The second kappa shape index (κ2) is 16.3. The Labute approximate surface area is 339 Å². The summed E-state index contributed by atoms with van der Waals surface area (Å²) < 4.78 is 0. The fourth-order valence-corrected chi connectivity index (χ4v) is 7.79. The molecule has 5 aromatic rings. The van der Waals surface area contributed by atoms with E-state index in [0.717, 1.165) is 47.8 Å². The number of carbonyl (C=O) groups excluding carboxylic acids is 1. The molecular formula is C50H62IrNO2-. The first-order valence-electron chi connectivity index (χ1n) is 19.9. The van der Waals surface area contributed by atoms with Gasteiger partial charge < -0.3 is 5.11 Å². The van der Waals surface area contributed by atoms with Gasteiger partial charge in [0.05, 0.1) is 5.52 Å². The molecule has 1 aliphatic rings. The van der Waals surface area contributed by atoms with Gasteiger partial charge in [0.15, 0.2) is 5.78 Å². The number of rotatable bonds is 9.